The molecule has 1 saturated heterocycles. The van der Waals surface area contributed by atoms with Crippen molar-refractivity contribution in [2.45, 2.75) is 18.9 Å². The molecule has 1 aliphatic rings. The first-order chi connectivity index (χ1) is 15.0. The van der Waals surface area contributed by atoms with Gasteiger partial charge in [-0.1, -0.05) is 18.2 Å². The van der Waals surface area contributed by atoms with Gasteiger partial charge in [-0.25, -0.2) is 9.18 Å². The minimum Gasteiger partial charge on any atom is -0.447 e. The van der Waals surface area contributed by atoms with E-state index in [0.29, 0.717) is 38.2 Å². The van der Waals surface area contributed by atoms with Gasteiger partial charge in [0.15, 0.2) is 0 Å². The Bertz CT molecular complexity index is 855. The first-order valence-corrected chi connectivity index (χ1v) is 10.3. The number of piperidine rings is 1. The van der Waals surface area contributed by atoms with Crippen LogP contribution in [0.15, 0.2) is 48.7 Å². The molecule has 0 aliphatic carbocycles. The van der Waals surface area contributed by atoms with E-state index in [9.17, 15) is 14.0 Å². The number of benzene rings is 1. The van der Waals surface area contributed by atoms with E-state index < -0.39 is 6.04 Å². The summed E-state index contributed by atoms with van der Waals surface area (Å²) in [5, 5.41) is 0. The van der Waals surface area contributed by atoms with Gasteiger partial charge >= 0.3 is 6.09 Å². The van der Waals surface area contributed by atoms with Crippen molar-refractivity contribution in [1.82, 2.24) is 14.8 Å². The number of hydrogen-bond acceptors (Lipinski definition) is 5. The average Bonchev–Trinajstić information content (AvgIpc) is 2.81. The second-order valence-electron chi connectivity index (χ2n) is 7.53. The number of rotatable bonds is 7. The summed E-state index contributed by atoms with van der Waals surface area (Å²) in [7, 11) is 3.29. The Morgan fingerprint density at radius 1 is 1.16 bits per heavy atom. The highest BCUT2D eigenvalue weighted by molar-refractivity contribution is 5.80. The number of halogens is 1. The number of likely N-dealkylation sites (tertiary alicyclic amines) is 1. The Morgan fingerprint density at radius 2 is 1.87 bits per heavy atom. The summed E-state index contributed by atoms with van der Waals surface area (Å²) < 4.78 is 23.5. The molecule has 1 unspecified atom stereocenters. The fourth-order valence-electron chi connectivity index (χ4n) is 3.80. The van der Waals surface area contributed by atoms with Crippen LogP contribution >= 0.6 is 0 Å². The summed E-state index contributed by atoms with van der Waals surface area (Å²) in [6.45, 7) is 1.48. The monoisotopic (exact) mass is 429 g/mol. The van der Waals surface area contributed by atoms with Crippen molar-refractivity contribution in [3.05, 3.63) is 65.7 Å². The van der Waals surface area contributed by atoms with Crippen LogP contribution in [0.3, 0.4) is 0 Å². The predicted octanol–water partition coefficient (Wildman–Crippen LogP) is 3.26. The Balaban J connectivity index is 1.68. The lowest BCUT2D eigenvalue weighted by Gasteiger charge is -2.35. The van der Waals surface area contributed by atoms with Crippen LogP contribution in [0.4, 0.5) is 9.18 Å². The molecule has 3 rings (SSSR count). The van der Waals surface area contributed by atoms with Crippen LogP contribution in [0, 0.1) is 11.7 Å². The molecular formula is C23H28FN3O4. The standard InChI is InChI=1S/C23H28FN3O4/c1-26(21(20-5-3-4-12-25-20)17-6-8-19(24)9-7-17)22(28)18-10-13-27(14-11-18)23(29)31-16-15-30-2/h3-9,12,18,21H,10-11,13-16H2,1-2H3. The molecule has 166 valence electrons. The van der Waals surface area contributed by atoms with Crippen LogP contribution in [0.2, 0.25) is 0 Å². The zero-order chi connectivity index (χ0) is 22.2. The Hall–Kier alpha value is -3.00. The number of carbonyl (C=O) groups excluding carboxylic acids is 2. The van der Waals surface area contributed by atoms with Crippen LogP contribution in [-0.4, -0.2) is 67.2 Å². The van der Waals surface area contributed by atoms with Crippen LogP contribution in [-0.2, 0) is 14.3 Å². The van der Waals surface area contributed by atoms with Gasteiger partial charge in [-0.05, 0) is 42.7 Å². The third kappa shape index (κ3) is 5.79. The van der Waals surface area contributed by atoms with Gasteiger partial charge in [-0.2, -0.15) is 0 Å². The van der Waals surface area contributed by atoms with Crippen LogP contribution in [0.5, 0.6) is 0 Å². The number of aromatic nitrogens is 1. The van der Waals surface area contributed by atoms with Gasteiger partial charge in [0.05, 0.1) is 18.3 Å². The van der Waals surface area contributed by atoms with E-state index in [-0.39, 0.29) is 30.3 Å². The lowest BCUT2D eigenvalue weighted by atomic mass is 9.93. The second-order valence-corrected chi connectivity index (χ2v) is 7.53. The number of nitrogens with zero attached hydrogens (tertiary/aromatic N) is 3. The highest BCUT2D eigenvalue weighted by Crippen LogP contribution is 2.30. The SMILES string of the molecule is COCCOC(=O)N1CCC(C(=O)N(C)C(c2ccc(F)cc2)c2ccccn2)CC1. The van der Waals surface area contributed by atoms with Crippen molar-refractivity contribution in [1.29, 1.82) is 0 Å². The molecule has 0 spiro atoms. The van der Waals surface area contributed by atoms with Gasteiger partial charge in [0.25, 0.3) is 0 Å². The topological polar surface area (TPSA) is 72.0 Å². The molecule has 1 fully saturated rings. The Kier molecular flexibility index (Phi) is 7.94. The zero-order valence-corrected chi connectivity index (χ0v) is 17.9. The molecule has 0 N–H and O–H groups in total. The fourth-order valence-corrected chi connectivity index (χ4v) is 3.80. The molecular weight excluding hydrogens is 401 g/mol. The quantitative estimate of drug-likeness (QED) is 0.632. The molecule has 1 aromatic carbocycles. The maximum Gasteiger partial charge on any atom is 0.409 e. The number of methoxy groups -OCH3 is 1. The van der Waals surface area contributed by atoms with Gasteiger partial charge in [0, 0.05) is 39.4 Å². The van der Waals surface area contributed by atoms with Gasteiger partial charge in [0.1, 0.15) is 12.4 Å². The minimum absolute atomic E-state index is 0.0209. The summed E-state index contributed by atoms with van der Waals surface area (Å²) in [5.74, 6) is -0.561. The van der Waals surface area contributed by atoms with E-state index in [0.717, 1.165) is 5.56 Å². The predicted molar refractivity (Wildman–Crippen MR) is 113 cm³/mol. The molecule has 1 aliphatic heterocycles. The molecule has 0 radical (unpaired) electrons. The van der Waals surface area contributed by atoms with E-state index in [1.165, 1.54) is 12.1 Å². The van der Waals surface area contributed by atoms with Crippen molar-refractivity contribution >= 4 is 12.0 Å². The van der Waals surface area contributed by atoms with Gasteiger partial charge < -0.3 is 19.3 Å². The molecule has 2 heterocycles. The summed E-state index contributed by atoms with van der Waals surface area (Å²) in [6, 6.07) is 11.2. The highest BCUT2D eigenvalue weighted by Gasteiger charge is 2.33. The first-order valence-electron chi connectivity index (χ1n) is 10.3. The fraction of sp³-hybridized carbons (Fsp3) is 0.435. The van der Waals surface area contributed by atoms with E-state index >= 15 is 0 Å². The number of ether oxygens (including phenoxy) is 2. The molecule has 8 heteroatoms. The molecule has 7 nitrogen and oxygen atoms in total. The minimum atomic E-state index is -0.425. The normalized spacial score (nSPS) is 15.4. The van der Waals surface area contributed by atoms with Crippen LogP contribution < -0.4 is 0 Å². The van der Waals surface area contributed by atoms with Crippen LogP contribution in [0.1, 0.15) is 30.1 Å². The molecule has 2 aromatic rings. The second kappa shape index (κ2) is 10.9. The average molecular weight is 429 g/mol. The summed E-state index contributed by atoms with van der Waals surface area (Å²) >= 11 is 0. The number of amides is 2. The van der Waals surface area contributed by atoms with Crippen molar-refractivity contribution in [3.63, 3.8) is 0 Å². The molecule has 1 atom stereocenters. The Morgan fingerprint density at radius 3 is 2.48 bits per heavy atom. The van der Waals surface area contributed by atoms with Crippen molar-refractivity contribution in [3.8, 4) is 0 Å². The number of hydrogen-bond donors (Lipinski definition) is 0. The van der Waals surface area contributed by atoms with Crippen molar-refractivity contribution in [2.75, 3.05) is 40.5 Å². The zero-order valence-electron chi connectivity index (χ0n) is 17.9. The van der Waals surface area contributed by atoms with Gasteiger partial charge in [-0.3, -0.25) is 9.78 Å². The molecule has 31 heavy (non-hydrogen) atoms. The summed E-state index contributed by atoms with van der Waals surface area (Å²) in [6.07, 6.45) is 2.41. The number of pyridine rings is 1. The maximum absolute atomic E-state index is 13.5. The molecule has 0 bridgehead atoms. The van der Waals surface area contributed by atoms with Crippen LogP contribution in [0.25, 0.3) is 0 Å². The van der Waals surface area contributed by atoms with E-state index in [2.05, 4.69) is 4.98 Å². The Labute approximate surface area is 181 Å². The summed E-state index contributed by atoms with van der Waals surface area (Å²) in [5.41, 5.74) is 1.50. The molecule has 1 aromatic heterocycles. The van der Waals surface area contributed by atoms with E-state index in [1.807, 2.05) is 18.2 Å². The highest BCUT2D eigenvalue weighted by atomic mass is 19.1. The van der Waals surface area contributed by atoms with Crippen molar-refractivity contribution in [2.24, 2.45) is 5.92 Å². The van der Waals surface area contributed by atoms with Gasteiger partial charge in [0.2, 0.25) is 5.91 Å². The molecule has 2 amide bonds. The largest absolute Gasteiger partial charge is 0.447 e. The van der Waals surface area contributed by atoms with Gasteiger partial charge in [-0.15, -0.1) is 0 Å². The maximum atomic E-state index is 13.5. The lowest BCUT2D eigenvalue weighted by molar-refractivity contribution is -0.137. The number of carbonyl (C=O) groups is 2. The first kappa shape index (κ1) is 22.7. The van der Waals surface area contributed by atoms with Crippen molar-refractivity contribution < 1.29 is 23.5 Å². The van der Waals surface area contributed by atoms with E-state index in [4.69, 9.17) is 9.47 Å². The third-order valence-corrected chi connectivity index (χ3v) is 5.50. The third-order valence-electron chi connectivity index (χ3n) is 5.50. The smallest absolute Gasteiger partial charge is 0.409 e. The lowest BCUT2D eigenvalue weighted by Crippen LogP contribution is -2.44. The van der Waals surface area contributed by atoms with E-state index in [1.54, 1.807) is 42.3 Å². The molecule has 0 saturated carbocycles. The summed E-state index contributed by atoms with van der Waals surface area (Å²) in [4.78, 5) is 33.1.